The van der Waals surface area contributed by atoms with Gasteiger partial charge in [-0.15, -0.1) is 0 Å². The number of piperidine rings is 1. The van der Waals surface area contributed by atoms with E-state index in [4.69, 9.17) is 0 Å². The number of anilines is 1. The van der Waals surface area contributed by atoms with Crippen LogP contribution in [0.5, 0.6) is 0 Å². The quantitative estimate of drug-likeness (QED) is 0.895. The monoisotopic (exact) mass is 262 g/mol. The fourth-order valence-electron chi connectivity index (χ4n) is 2.29. The fourth-order valence-corrected chi connectivity index (χ4v) is 2.29. The molecule has 1 aromatic rings. The van der Waals surface area contributed by atoms with Crippen molar-refractivity contribution < 1.29 is 4.79 Å². The molecule has 1 aromatic heterocycles. The zero-order valence-corrected chi connectivity index (χ0v) is 11.7. The van der Waals surface area contributed by atoms with Crippen molar-refractivity contribution in [1.29, 1.82) is 0 Å². The maximum atomic E-state index is 12.2. The van der Waals surface area contributed by atoms with Crippen molar-refractivity contribution in [2.24, 2.45) is 5.92 Å². The van der Waals surface area contributed by atoms with E-state index in [2.05, 4.69) is 27.1 Å². The summed E-state index contributed by atoms with van der Waals surface area (Å²) in [6.07, 6.45) is 6.41. The molecule has 19 heavy (non-hydrogen) atoms. The molecule has 2 heterocycles. The van der Waals surface area contributed by atoms with Crippen LogP contribution in [0.15, 0.2) is 18.5 Å². The lowest BCUT2D eigenvalue weighted by molar-refractivity contribution is -0.125. The molecule has 1 saturated heterocycles. The zero-order chi connectivity index (χ0) is 13.7. The van der Waals surface area contributed by atoms with E-state index in [0.29, 0.717) is 6.54 Å². The highest BCUT2D eigenvalue weighted by Gasteiger charge is 2.27. The smallest absolute Gasteiger partial charge is 0.225 e. The Hall–Kier alpha value is -1.65. The minimum Gasteiger partial charge on any atom is -0.353 e. The Labute approximate surface area is 114 Å². The Balaban J connectivity index is 1.95. The fraction of sp³-hybridized carbons (Fsp3) is 0.643. The minimum absolute atomic E-state index is 0.0477. The van der Waals surface area contributed by atoms with Crippen LogP contribution >= 0.6 is 0 Å². The van der Waals surface area contributed by atoms with Gasteiger partial charge in [0.15, 0.2) is 0 Å². The molecule has 0 spiro atoms. The molecule has 0 aliphatic carbocycles. The molecule has 1 aliphatic rings. The van der Waals surface area contributed by atoms with Crippen LogP contribution in [0, 0.1) is 5.92 Å². The lowest BCUT2D eigenvalue weighted by Gasteiger charge is -2.32. The topological polar surface area (TPSA) is 58.1 Å². The zero-order valence-electron chi connectivity index (χ0n) is 11.7. The van der Waals surface area contributed by atoms with E-state index in [1.54, 1.807) is 18.5 Å². The predicted octanol–water partition coefficient (Wildman–Crippen LogP) is 1.61. The number of aromatic nitrogens is 2. The molecule has 1 N–H and O–H groups in total. The Kier molecular flexibility index (Phi) is 4.71. The van der Waals surface area contributed by atoms with Gasteiger partial charge in [-0.25, -0.2) is 9.97 Å². The highest BCUT2D eigenvalue weighted by Crippen LogP contribution is 2.20. The van der Waals surface area contributed by atoms with Gasteiger partial charge >= 0.3 is 0 Å². The number of rotatable bonds is 4. The minimum atomic E-state index is 0.0477. The average molecular weight is 262 g/mol. The largest absolute Gasteiger partial charge is 0.353 e. The molecule has 2 atom stereocenters. The standard InChI is InChI=1S/C14H22N4O/c1-3-11(2)17-13(19)12-6-4-9-18(10-12)14-15-7-5-8-16-14/h5,7-8,11-12H,3-4,6,9-10H2,1-2H3,(H,17,19)/t11-,12+/m0/s1. The summed E-state index contributed by atoms with van der Waals surface area (Å²) < 4.78 is 0. The summed E-state index contributed by atoms with van der Waals surface area (Å²) in [7, 11) is 0. The van der Waals surface area contributed by atoms with Gasteiger partial charge in [0.05, 0.1) is 5.92 Å². The van der Waals surface area contributed by atoms with Crippen LogP contribution in [0.25, 0.3) is 0 Å². The molecular weight excluding hydrogens is 240 g/mol. The first-order chi connectivity index (χ1) is 9.20. The Morgan fingerprint density at radius 1 is 1.53 bits per heavy atom. The van der Waals surface area contributed by atoms with Crippen molar-refractivity contribution in [1.82, 2.24) is 15.3 Å². The van der Waals surface area contributed by atoms with E-state index < -0.39 is 0 Å². The summed E-state index contributed by atoms with van der Waals surface area (Å²) in [5.74, 6) is 0.935. The number of carbonyl (C=O) groups excluding carboxylic acids is 1. The van der Waals surface area contributed by atoms with Gasteiger partial charge in [-0.05, 0) is 32.3 Å². The molecule has 1 aliphatic heterocycles. The molecule has 5 heteroatoms. The molecule has 1 fully saturated rings. The Morgan fingerprint density at radius 3 is 2.95 bits per heavy atom. The molecule has 5 nitrogen and oxygen atoms in total. The highest BCUT2D eigenvalue weighted by atomic mass is 16.2. The predicted molar refractivity (Wildman–Crippen MR) is 74.9 cm³/mol. The van der Waals surface area contributed by atoms with Gasteiger partial charge in [0.25, 0.3) is 0 Å². The van der Waals surface area contributed by atoms with Crippen molar-refractivity contribution >= 4 is 11.9 Å². The molecule has 0 aromatic carbocycles. The summed E-state index contributed by atoms with van der Waals surface area (Å²) in [5.41, 5.74) is 0. The van der Waals surface area contributed by atoms with Gasteiger partial charge in [-0.1, -0.05) is 6.92 Å². The number of hydrogen-bond acceptors (Lipinski definition) is 4. The molecule has 0 radical (unpaired) electrons. The lowest BCUT2D eigenvalue weighted by atomic mass is 9.97. The van der Waals surface area contributed by atoms with Crippen molar-refractivity contribution in [2.45, 2.75) is 39.2 Å². The number of hydrogen-bond donors (Lipinski definition) is 1. The third-order valence-electron chi connectivity index (χ3n) is 3.63. The molecule has 104 valence electrons. The third-order valence-corrected chi connectivity index (χ3v) is 3.63. The van der Waals surface area contributed by atoms with E-state index in [1.165, 1.54) is 0 Å². The number of carbonyl (C=O) groups is 1. The Morgan fingerprint density at radius 2 is 2.26 bits per heavy atom. The lowest BCUT2D eigenvalue weighted by Crippen LogP contribution is -2.45. The molecule has 0 bridgehead atoms. The van der Waals surface area contributed by atoms with Crippen LogP contribution in [-0.2, 0) is 4.79 Å². The van der Waals surface area contributed by atoms with Crippen molar-refractivity contribution in [2.75, 3.05) is 18.0 Å². The highest BCUT2D eigenvalue weighted by molar-refractivity contribution is 5.79. The molecule has 0 saturated carbocycles. The van der Waals surface area contributed by atoms with Crippen LogP contribution in [0.1, 0.15) is 33.1 Å². The SMILES string of the molecule is CC[C@H](C)NC(=O)[C@@H]1CCCN(c2ncccn2)C1. The van der Waals surface area contributed by atoms with Gasteiger partial charge in [0.2, 0.25) is 11.9 Å². The Bertz CT molecular complexity index is 409. The first kappa shape index (κ1) is 13.8. The summed E-state index contributed by atoms with van der Waals surface area (Å²) in [5, 5.41) is 3.06. The summed E-state index contributed by atoms with van der Waals surface area (Å²) in [6.45, 7) is 5.76. The van der Waals surface area contributed by atoms with Gasteiger partial charge in [0, 0.05) is 31.5 Å². The van der Waals surface area contributed by atoms with E-state index in [9.17, 15) is 4.79 Å². The second-order valence-electron chi connectivity index (χ2n) is 5.15. The van der Waals surface area contributed by atoms with Crippen molar-refractivity contribution in [3.63, 3.8) is 0 Å². The van der Waals surface area contributed by atoms with E-state index >= 15 is 0 Å². The van der Waals surface area contributed by atoms with Crippen molar-refractivity contribution in [3.8, 4) is 0 Å². The van der Waals surface area contributed by atoms with Gasteiger partial charge < -0.3 is 10.2 Å². The first-order valence-corrected chi connectivity index (χ1v) is 7.03. The van der Waals surface area contributed by atoms with Gasteiger partial charge in [0.1, 0.15) is 0 Å². The third kappa shape index (κ3) is 3.66. The van der Waals surface area contributed by atoms with Gasteiger partial charge in [-0.2, -0.15) is 0 Å². The second-order valence-corrected chi connectivity index (χ2v) is 5.15. The number of nitrogens with one attached hydrogen (secondary N) is 1. The van der Waals surface area contributed by atoms with Crippen LogP contribution in [-0.4, -0.2) is 35.0 Å². The molecule has 2 rings (SSSR count). The normalized spacial score (nSPS) is 20.9. The maximum Gasteiger partial charge on any atom is 0.225 e. The van der Waals surface area contributed by atoms with E-state index in [-0.39, 0.29) is 17.9 Å². The van der Waals surface area contributed by atoms with Crippen LogP contribution in [0.2, 0.25) is 0 Å². The van der Waals surface area contributed by atoms with Crippen LogP contribution in [0.4, 0.5) is 5.95 Å². The van der Waals surface area contributed by atoms with Crippen molar-refractivity contribution in [3.05, 3.63) is 18.5 Å². The number of nitrogens with zero attached hydrogens (tertiary/aromatic N) is 3. The number of amides is 1. The molecule has 0 unspecified atom stereocenters. The first-order valence-electron chi connectivity index (χ1n) is 7.03. The summed E-state index contributed by atoms with van der Waals surface area (Å²) >= 11 is 0. The second kappa shape index (κ2) is 6.50. The van der Waals surface area contributed by atoms with Crippen LogP contribution in [0.3, 0.4) is 0 Å². The average Bonchev–Trinajstić information content (AvgIpc) is 2.48. The summed E-state index contributed by atoms with van der Waals surface area (Å²) in [6, 6.07) is 2.05. The van der Waals surface area contributed by atoms with Crippen LogP contribution < -0.4 is 10.2 Å². The van der Waals surface area contributed by atoms with E-state index in [0.717, 1.165) is 31.8 Å². The molecular formula is C14H22N4O. The summed E-state index contributed by atoms with van der Waals surface area (Å²) in [4.78, 5) is 22.8. The molecule has 1 amide bonds. The van der Waals surface area contributed by atoms with Gasteiger partial charge in [-0.3, -0.25) is 4.79 Å². The maximum absolute atomic E-state index is 12.2. The van der Waals surface area contributed by atoms with E-state index in [1.807, 2.05) is 6.92 Å².